The van der Waals surface area contributed by atoms with Crippen molar-refractivity contribution in [1.82, 2.24) is 9.62 Å². The maximum absolute atomic E-state index is 12.6. The first-order chi connectivity index (χ1) is 13.0. The lowest BCUT2D eigenvalue weighted by atomic mass is 10.1. The molecule has 6 nitrogen and oxygen atoms in total. The molecule has 1 heterocycles. The molecule has 3 rings (SSSR count). The lowest BCUT2D eigenvalue weighted by Crippen LogP contribution is -2.31. The molecule has 2 aromatic carbocycles. The van der Waals surface area contributed by atoms with E-state index in [0.29, 0.717) is 12.1 Å². The molecule has 0 radical (unpaired) electrons. The van der Waals surface area contributed by atoms with Crippen LogP contribution in [-0.4, -0.2) is 44.9 Å². The van der Waals surface area contributed by atoms with Crippen LogP contribution in [0.3, 0.4) is 0 Å². The van der Waals surface area contributed by atoms with Gasteiger partial charge >= 0.3 is 0 Å². The second-order valence-electron chi connectivity index (χ2n) is 6.62. The number of carbonyl (C=O) groups excluding carboxylic acids is 1. The molecule has 1 amide bonds. The third-order valence-electron chi connectivity index (χ3n) is 4.59. The van der Waals surface area contributed by atoms with Gasteiger partial charge in [-0.3, -0.25) is 4.79 Å². The fourth-order valence-corrected chi connectivity index (χ4v) is 4.17. The average Bonchev–Trinajstić information content (AvgIpc) is 3.21. The van der Waals surface area contributed by atoms with Crippen molar-refractivity contribution >= 4 is 15.9 Å². The summed E-state index contributed by atoms with van der Waals surface area (Å²) in [4.78, 5) is 12.5. The minimum Gasteiger partial charge on any atom is -0.376 e. The Balaban J connectivity index is 1.59. The number of hydrogen-bond acceptors (Lipinski definition) is 4. The van der Waals surface area contributed by atoms with Gasteiger partial charge in [0.05, 0.1) is 11.0 Å². The van der Waals surface area contributed by atoms with Gasteiger partial charge in [-0.05, 0) is 42.7 Å². The number of hydrogen-bond donors (Lipinski definition) is 1. The summed E-state index contributed by atoms with van der Waals surface area (Å²) in [5, 5.41) is 2.88. The van der Waals surface area contributed by atoms with E-state index in [0.717, 1.165) is 25.0 Å². The van der Waals surface area contributed by atoms with Crippen molar-refractivity contribution in [2.75, 3.05) is 20.2 Å². The Bertz CT molecular complexity index is 861. The van der Waals surface area contributed by atoms with Gasteiger partial charge in [-0.2, -0.15) is 4.31 Å². The number of benzene rings is 2. The zero-order valence-corrected chi connectivity index (χ0v) is 16.1. The number of amides is 1. The number of sulfonamides is 1. The molecule has 1 saturated heterocycles. The van der Waals surface area contributed by atoms with E-state index in [1.54, 1.807) is 61.6 Å². The van der Waals surface area contributed by atoms with Crippen LogP contribution in [0.4, 0.5) is 0 Å². The molecule has 1 aliphatic rings. The van der Waals surface area contributed by atoms with Gasteiger partial charge in [-0.25, -0.2) is 8.42 Å². The highest BCUT2D eigenvalue weighted by atomic mass is 32.2. The molecule has 1 aliphatic heterocycles. The molecular weight excluding hydrogens is 364 g/mol. The van der Waals surface area contributed by atoms with Crippen LogP contribution in [0.15, 0.2) is 59.5 Å². The number of ether oxygens (including phenoxy) is 1. The summed E-state index contributed by atoms with van der Waals surface area (Å²) in [7, 11) is -2.00. The predicted octanol–water partition coefficient (Wildman–Crippen LogP) is 2.42. The van der Waals surface area contributed by atoms with Gasteiger partial charge in [-0.1, -0.05) is 30.3 Å². The van der Waals surface area contributed by atoms with Crippen molar-refractivity contribution in [3.8, 4) is 0 Å². The Morgan fingerprint density at radius 1 is 1.15 bits per heavy atom. The largest absolute Gasteiger partial charge is 0.376 e. The van der Waals surface area contributed by atoms with E-state index >= 15 is 0 Å². The zero-order chi connectivity index (χ0) is 19.3. The van der Waals surface area contributed by atoms with Gasteiger partial charge in [0.1, 0.15) is 0 Å². The maximum Gasteiger partial charge on any atom is 0.251 e. The summed E-state index contributed by atoms with van der Waals surface area (Å²) < 4.78 is 31.9. The van der Waals surface area contributed by atoms with Gasteiger partial charge in [0.25, 0.3) is 5.91 Å². The van der Waals surface area contributed by atoms with E-state index in [1.807, 2.05) is 0 Å². The lowest BCUT2D eigenvalue weighted by molar-refractivity contribution is 0.0858. The smallest absolute Gasteiger partial charge is 0.251 e. The molecular formula is C20H24N2O4S. The van der Waals surface area contributed by atoms with E-state index in [2.05, 4.69) is 5.32 Å². The van der Waals surface area contributed by atoms with Crippen LogP contribution < -0.4 is 5.32 Å². The quantitative estimate of drug-likeness (QED) is 0.790. The fraction of sp³-hybridized carbons (Fsp3) is 0.350. The Morgan fingerprint density at radius 2 is 1.85 bits per heavy atom. The number of rotatable bonds is 7. The van der Waals surface area contributed by atoms with Crippen LogP contribution in [0, 0.1) is 0 Å². The van der Waals surface area contributed by atoms with Crippen molar-refractivity contribution < 1.29 is 17.9 Å². The second kappa shape index (κ2) is 8.65. The summed E-state index contributed by atoms with van der Waals surface area (Å²) >= 11 is 0. The third kappa shape index (κ3) is 4.94. The van der Waals surface area contributed by atoms with E-state index in [1.165, 1.54) is 4.31 Å². The van der Waals surface area contributed by atoms with E-state index in [-0.39, 0.29) is 23.5 Å². The molecule has 27 heavy (non-hydrogen) atoms. The van der Waals surface area contributed by atoms with Crippen molar-refractivity contribution in [3.63, 3.8) is 0 Å². The summed E-state index contributed by atoms with van der Waals surface area (Å²) in [6.07, 6.45) is 2.11. The highest BCUT2D eigenvalue weighted by Gasteiger charge is 2.21. The third-order valence-corrected chi connectivity index (χ3v) is 6.40. The second-order valence-corrected chi connectivity index (χ2v) is 8.66. The van der Waals surface area contributed by atoms with Crippen molar-refractivity contribution in [3.05, 3.63) is 65.7 Å². The van der Waals surface area contributed by atoms with E-state index < -0.39 is 10.0 Å². The first-order valence-corrected chi connectivity index (χ1v) is 10.4. The molecule has 7 heteroatoms. The molecule has 0 spiro atoms. The Hall–Kier alpha value is -2.22. The molecule has 0 aliphatic carbocycles. The van der Waals surface area contributed by atoms with E-state index in [9.17, 15) is 13.2 Å². The first kappa shape index (κ1) is 19.5. The predicted molar refractivity (Wildman–Crippen MR) is 103 cm³/mol. The monoisotopic (exact) mass is 388 g/mol. The van der Waals surface area contributed by atoms with Crippen molar-refractivity contribution in [2.45, 2.75) is 30.4 Å². The summed E-state index contributed by atoms with van der Waals surface area (Å²) in [6, 6.07) is 15.3. The SMILES string of the molecule is CN(Cc1ccc(C(=O)NC[C@H]2CCCO2)cc1)S(=O)(=O)c1ccccc1. The molecule has 0 saturated carbocycles. The zero-order valence-electron chi connectivity index (χ0n) is 15.3. The van der Waals surface area contributed by atoms with Crippen LogP contribution in [0.1, 0.15) is 28.8 Å². The molecule has 144 valence electrons. The van der Waals surface area contributed by atoms with Crippen LogP contribution in [-0.2, 0) is 21.3 Å². The van der Waals surface area contributed by atoms with Crippen LogP contribution in [0.25, 0.3) is 0 Å². The van der Waals surface area contributed by atoms with Gasteiger partial charge in [-0.15, -0.1) is 0 Å². The minimum atomic E-state index is -3.54. The number of carbonyl (C=O) groups is 1. The van der Waals surface area contributed by atoms with Crippen LogP contribution >= 0.6 is 0 Å². The maximum atomic E-state index is 12.6. The number of nitrogens with zero attached hydrogens (tertiary/aromatic N) is 1. The summed E-state index contributed by atoms with van der Waals surface area (Å²) in [5.74, 6) is -0.151. The highest BCUT2D eigenvalue weighted by Crippen LogP contribution is 2.17. The standard InChI is InChI=1S/C20H24N2O4S/c1-22(27(24,25)19-7-3-2-4-8-19)15-16-9-11-17(12-10-16)20(23)21-14-18-6-5-13-26-18/h2-4,7-12,18H,5-6,13-15H2,1H3,(H,21,23)/t18-/m1/s1. The molecule has 0 bridgehead atoms. The molecule has 1 fully saturated rings. The van der Waals surface area contributed by atoms with Gasteiger partial charge in [0, 0.05) is 32.3 Å². The van der Waals surface area contributed by atoms with Crippen molar-refractivity contribution in [2.24, 2.45) is 0 Å². The van der Waals surface area contributed by atoms with Crippen molar-refractivity contribution in [1.29, 1.82) is 0 Å². The Kier molecular flexibility index (Phi) is 6.26. The van der Waals surface area contributed by atoms with Gasteiger partial charge in [0.2, 0.25) is 10.0 Å². The molecule has 2 aromatic rings. The van der Waals surface area contributed by atoms with E-state index in [4.69, 9.17) is 4.74 Å². The highest BCUT2D eigenvalue weighted by molar-refractivity contribution is 7.89. The minimum absolute atomic E-state index is 0.102. The first-order valence-electron chi connectivity index (χ1n) is 8.97. The molecule has 1 N–H and O–H groups in total. The molecule has 0 aromatic heterocycles. The molecule has 1 atom stereocenters. The Morgan fingerprint density at radius 3 is 2.48 bits per heavy atom. The van der Waals surface area contributed by atoms with Crippen LogP contribution in [0.5, 0.6) is 0 Å². The average molecular weight is 388 g/mol. The van der Waals surface area contributed by atoms with Crippen LogP contribution in [0.2, 0.25) is 0 Å². The van der Waals surface area contributed by atoms with Gasteiger partial charge < -0.3 is 10.1 Å². The topological polar surface area (TPSA) is 75.7 Å². The molecule has 0 unspecified atom stereocenters. The number of nitrogens with one attached hydrogen (secondary N) is 1. The summed E-state index contributed by atoms with van der Waals surface area (Å²) in [6.45, 7) is 1.50. The fourth-order valence-electron chi connectivity index (χ4n) is 2.99. The normalized spacial score (nSPS) is 17.2. The summed E-state index contributed by atoms with van der Waals surface area (Å²) in [5.41, 5.74) is 1.36. The lowest BCUT2D eigenvalue weighted by Gasteiger charge is -2.17. The Labute approximate surface area is 160 Å². The van der Waals surface area contributed by atoms with Gasteiger partial charge in [0.15, 0.2) is 0 Å².